The molecule has 2 rings (SSSR count). The molecule has 1 aromatic rings. The summed E-state index contributed by atoms with van der Waals surface area (Å²) in [7, 11) is 0. The summed E-state index contributed by atoms with van der Waals surface area (Å²) >= 11 is 6.10. The molecular weight excluding hydrogens is 304 g/mol. The Labute approximate surface area is 135 Å². The van der Waals surface area contributed by atoms with Gasteiger partial charge in [0.25, 0.3) is 0 Å². The average molecular weight is 331 g/mol. The normalized spacial score (nSPS) is 20.3. The number of thiazole rings is 1. The smallest absolute Gasteiger partial charge is 0.107 e. The summed E-state index contributed by atoms with van der Waals surface area (Å²) < 4.78 is 0. The maximum absolute atomic E-state index is 4.97. The average Bonchev–Trinajstić information content (AvgIpc) is 2.80. The molecule has 20 heavy (non-hydrogen) atoms. The molecule has 1 unspecified atom stereocenters. The summed E-state index contributed by atoms with van der Waals surface area (Å²) in [4.78, 5) is 6.42. The van der Waals surface area contributed by atoms with E-state index in [0.29, 0.717) is 5.25 Å². The van der Waals surface area contributed by atoms with Crippen LogP contribution in [0, 0.1) is 0 Å². The van der Waals surface area contributed by atoms with Gasteiger partial charge >= 0.3 is 0 Å². The number of aromatic nitrogens is 1. The van der Waals surface area contributed by atoms with Crippen LogP contribution in [0.25, 0.3) is 0 Å². The minimum absolute atomic E-state index is 0.170. The number of hydrogen-bond donors (Lipinski definition) is 1. The maximum Gasteiger partial charge on any atom is 0.107 e. The molecule has 1 aliphatic heterocycles. The topological polar surface area (TPSA) is 24.9 Å². The Kier molecular flexibility index (Phi) is 6.26. The van der Waals surface area contributed by atoms with Crippen LogP contribution in [0.2, 0.25) is 0 Å². The first-order valence-electron chi connectivity index (χ1n) is 7.42. The molecule has 0 aliphatic carbocycles. The Morgan fingerprint density at radius 1 is 1.30 bits per heavy atom. The lowest BCUT2D eigenvalue weighted by Gasteiger charge is -2.20. The van der Waals surface area contributed by atoms with Crippen molar-refractivity contribution in [3.05, 3.63) is 15.6 Å². The zero-order valence-corrected chi connectivity index (χ0v) is 15.4. The molecule has 0 amide bonds. The van der Waals surface area contributed by atoms with E-state index in [1.165, 1.54) is 39.3 Å². The third kappa shape index (κ3) is 4.93. The molecule has 0 bridgehead atoms. The molecule has 1 saturated heterocycles. The second-order valence-electron chi connectivity index (χ2n) is 6.21. The van der Waals surface area contributed by atoms with E-state index >= 15 is 0 Å². The molecule has 114 valence electrons. The fourth-order valence-corrected chi connectivity index (χ4v) is 6.12. The monoisotopic (exact) mass is 330 g/mol. The second kappa shape index (κ2) is 7.52. The molecule has 5 heteroatoms. The lowest BCUT2D eigenvalue weighted by molar-refractivity contribution is 0.425. The summed E-state index contributed by atoms with van der Waals surface area (Å²) in [5, 5.41) is 5.59. The Bertz CT molecular complexity index is 417. The number of nitrogens with zero attached hydrogens (tertiary/aromatic N) is 1. The van der Waals surface area contributed by atoms with Crippen molar-refractivity contribution in [2.45, 2.75) is 57.9 Å². The molecule has 0 radical (unpaired) electrons. The van der Waals surface area contributed by atoms with Gasteiger partial charge in [-0.05, 0) is 27.2 Å². The van der Waals surface area contributed by atoms with Crippen molar-refractivity contribution in [1.29, 1.82) is 0 Å². The van der Waals surface area contributed by atoms with E-state index < -0.39 is 0 Å². The van der Waals surface area contributed by atoms with Crippen LogP contribution in [-0.4, -0.2) is 27.8 Å². The molecule has 0 saturated carbocycles. The lowest BCUT2D eigenvalue weighted by Crippen LogP contribution is -2.35. The van der Waals surface area contributed by atoms with Crippen LogP contribution in [0.3, 0.4) is 0 Å². The quantitative estimate of drug-likeness (QED) is 0.859. The number of nitrogens with one attached hydrogen (secondary N) is 1. The summed E-state index contributed by atoms with van der Waals surface area (Å²) in [6.45, 7) is 9.87. The van der Waals surface area contributed by atoms with Crippen molar-refractivity contribution in [3.8, 4) is 0 Å². The van der Waals surface area contributed by atoms with E-state index in [1.54, 1.807) is 0 Å². The number of rotatable bonds is 5. The van der Waals surface area contributed by atoms with Crippen LogP contribution >= 0.6 is 34.9 Å². The largest absolute Gasteiger partial charge is 0.307 e. The van der Waals surface area contributed by atoms with E-state index in [4.69, 9.17) is 4.98 Å². The highest BCUT2D eigenvalue weighted by Crippen LogP contribution is 2.39. The highest BCUT2D eigenvalue weighted by Gasteiger charge is 2.22. The van der Waals surface area contributed by atoms with Crippen molar-refractivity contribution in [1.82, 2.24) is 10.3 Å². The summed E-state index contributed by atoms with van der Waals surface area (Å²) in [5.74, 6) is 3.80. The van der Waals surface area contributed by atoms with Crippen LogP contribution in [0.1, 0.15) is 54.9 Å². The summed E-state index contributed by atoms with van der Waals surface area (Å²) in [5.41, 5.74) is 1.50. The minimum atomic E-state index is 0.170. The summed E-state index contributed by atoms with van der Waals surface area (Å²) in [6.07, 6.45) is 2.29. The van der Waals surface area contributed by atoms with Gasteiger partial charge in [0.15, 0.2) is 0 Å². The number of hydrogen-bond acceptors (Lipinski definition) is 5. The molecule has 1 atom stereocenters. The van der Waals surface area contributed by atoms with Crippen molar-refractivity contribution >= 4 is 34.9 Å². The van der Waals surface area contributed by atoms with E-state index in [-0.39, 0.29) is 5.54 Å². The molecule has 1 aliphatic rings. The third-order valence-corrected chi connectivity index (χ3v) is 7.28. The minimum Gasteiger partial charge on any atom is -0.307 e. The number of aryl methyl sites for hydroxylation is 1. The van der Waals surface area contributed by atoms with Gasteiger partial charge in [-0.15, -0.1) is 23.1 Å². The standard InChI is InChI=1S/C15H26N2S3/c1-5-6-11-12(9-16-15(2,3)4)20-14(17-11)13-10-18-7-8-19-13/h13,16H,5-10H2,1-4H3. The van der Waals surface area contributed by atoms with Gasteiger partial charge in [0.2, 0.25) is 0 Å². The fourth-order valence-electron chi connectivity index (χ4n) is 2.09. The zero-order valence-electron chi connectivity index (χ0n) is 13.0. The molecule has 2 heterocycles. The van der Waals surface area contributed by atoms with Gasteiger partial charge in [0, 0.05) is 34.2 Å². The Balaban J connectivity index is 2.10. The van der Waals surface area contributed by atoms with E-state index in [0.717, 1.165) is 13.0 Å². The van der Waals surface area contributed by atoms with E-state index in [1.807, 2.05) is 11.3 Å². The van der Waals surface area contributed by atoms with Gasteiger partial charge in [0.05, 0.1) is 10.9 Å². The predicted molar refractivity (Wildman–Crippen MR) is 95.2 cm³/mol. The zero-order chi connectivity index (χ0) is 14.6. The highest BCUT2D eigenvalue weighted by atomic mass is 32.2. The van der Waals surface area contributed by atoms with Crippen LogP contribution < -0.4 is 5.32 Å². The molecule has 1 N–H and O–H groups in total. The fraction of sp³-hybridized carbons (Fsp3) is 0.800. The molecular formula is C15H26N2S3. The SMILES string of the molecule is CCCc1nc(C2CSCCS2)sc1CNC(C)(C)C. The van der Waals surface area contributed by atoms with Crippen LogP contribution in [0.4, 0.5) is 0 Å². The predicted octanol–water partition coefficient (Wildman–Crippen LogP) is 4.50. The van der Waals surface area contributed by atoms with Gasteiger partial charge in [-0.3, -0.25) is 0 Å². The van der Waals surface area contributed by atoms with Crippen LogP contribution in [0.15, 0.2) is 0 Å². The van der Waals surface area contributed by atoms with Crippen LogP contribution in [-0.2, 0) is 13.0 Å². The van der Waals surface area contributed by atoms with E-state index in [9.17, 15) is 0 Å². The maximum atomic E-state index is 4.97. The van der Waals surface area contributed by atoms with Crippen molar-refractivity contribution in [2.75, 3.05) is 17.3 Å². The summed E-state index contributed by atoms with van der Waals surface area (Å²) in [6, 6.07) is 0. The van der Waals surface area contributed by atoms with Gasteiger partial charge in [-0.2, -0.15) is 11.8 Å². The van der Waals surface area contributed by atoms with Gasteiger partial charge in [0.1, 0.15) is 5.01 Å². The van der Waals surface area contributed by atoms with Gasteiger partial charge < -0.3 is 5.32 Å². The first-order chi connectivity index (χ1) is 9.49. The molecule has 0 aromatic carbocycles. The highest BCUT2D eigenvalue weighted by molar-refractivity contribution is 8.06. The molecule has 0 spiro atoms. The number of thioether (sulfide) groups is 2. The Hall–Kier alpha value is 0.290. The van der Waals surface area contributed by atoms with E-state index in [2.05, 4.69) is 56.5 Å². The van der Waals surface area contributed by atoms with Gasteiger partial charge in [-0.25, -0.2) is 4.98 Å². The second-order valence-corrected chi connectivity index (χ2v) is 9.79. The molecule has 1 aromatic heterocycles. The van der Waals surface area contributed by atoms with Gasteiger partial charge in [-0.1, -0.05) is 13.3 Å². The Morgan fingerprint density at radius 3 is 2.70 bits per heavy atom. The first-order valence-corrected chi connectivity index (χ1v) is 10.4. The Morgan fingerprint density at radius 2 is 2.10 bits per heavy atom. The van der Waals surface area contributed by atoms with Crippen molar-refractivity contribution in [3.63, 3.8) is 0 Å². The van der Waals surface area contributed by atoms with Crippen LogP contribution in [0.5, 0.6) is 0 Å². The molecule has 2 nitrogen and oxygen atoms in total. The van der Waals surface area contributed by atoms with Crippen molar-refractivity contribution < 1.29 is 0 Å². The first kappa shape index (κ1) is 16.7. The van der Waals surface area contributed by atoms with Crippen molar-refractivity contribution in [2.24, 2.45) is 0 Å². The molecule has 1 fully saturated rings. The lowest BCUT2D eigenvalue weighted by atomic mass is 10.1. The third-order valence-electron chi connectivity index (χ3n) is 3.15.